The van der Waals surface area contributed by atoms with Crippen molar-refractivity contribution < 1.29 is 24.7 Å². The number of aliphatic carboxylic acids is 2. The number of carboxylic acids is 2. The fourth-order valence-electron chi connectivity index (χ4n) is 1.23. The number of hydrogen-bond acceptors (Lipinski definition) is 6. The first kappa shape index (κ1) is 15.8. The van der Waals surface area contributed by atoms with Crippen LogP contribution in [0.15, 0.2) is 36.7 Å². The third-order valence-electron chi connectivity index (χ3n) is 2.15. The molecule has 0 unspecified atom stereocenters. The summed E-state index contributed by atoms with van der Waals surface area (Å²) in [5, 5.41) is 32.7. The Morgan fingerprint density at radius 2 is 1.76 bits per heavy atom. The van der Waals surface area contributed by atoms with Gasteiger partial charge < -0.3 is 10.2 Å². The van der Waals surface area contributed by atoms with Gasteiger partial charge in [0.2, 0.25) is 0 Å². The van der Waals surface area contributed by atoms with E-state index in [-0.39, 0.29) is 5.69 Å². The van der Waals surface area contributed by atoms with Crippen molar-refractivity contribution in [1.82, 2.24) is 15.0 Å². The molecule has 21 heavy (non-hydrogen) atoms. The Kier molecular flexibility index (Phi) is 5.50. The van der Waals surface area contributed by atoms with Crippen molar-refractivity contribution in [3.63, 3.8) is 0 Å². The smallest absolute Gasteiger partial charge is 0.414 e. The number of carboxylic acid groups (broad SMARTS) is 2. The van der Waals surface area contributed by atoms with E-state index in [1.165, 1.54) is 12.1 Å². The van der Waals surface area contributed by atoms with Gasteiger partial charge in [0, 0.05) is 18.3 Å². The first-order chi connectivity index (χ1) is 9.90. The van der Waals surface area contributed by atoms with Gasteiger partial charge in [-0.3, -0.25) is 10.1 Å². The molecular weight excluding hydrogens is 284 g/mol. The van der Waals surface area contributed by atoms with Crippen molar-refractivity contribution in [2.24, 2.45) is 0 Å². The molecule has 1 heterocycles. The third kappa shape index (κ3) is 5.46. The summed E-state index contributed by atoms with van der Waals surface area (Å²) in [6, 6.07) is 6.37. The standard InChI is InChI=1S/C9H8N4O2.C2H2O4/c14-13(15)9-3-1-8(2-4-9)7-12-6-5-10-11-12;3-1(4)2(5)6/h1-6H,7H2;(H,3,4)(H,5,6). The largest absolute Gasteiger partial charge is 0.473 e. The van der Waals surface area contributed by atoms with Gasteiger partial charge in [-0.2, -0.15) is 0 Å². The van der Waals surface area contributed by atoms with Gasteiger partial charge in [-0.15, -0.1) is 5.10 Å². The molecule has 0 atom stereocenters. The fourth-order valence-corrected chi connectivity index (χ4v) is 1.23. The lowest BCUT2D eigenvalue weighted by Gasteiger charge is -1.99. The molecule has 1 aromatic carbocycles. The number of aromatic nitrogens is 3. The van der Waals surface area contributed by atoms with Crippen LogP contribution in [0, 0.1) is 10.1 Å². The van der Waals surface area contributed by atoms with Crippen molar-refractivity contribution in [2.45, 2.75) is 6.54 Å². The van der Waals surface area contributed by atoms with Crippen molar-refractivity contribution in [2.75, 3.05) is 0 Å². The molecule has 2 N–H and O–H groups in total. The molecule has 0 saturated carbocycles. The first-order valence-electron chi connectivity index (χ1n) is 5.44. The molecule has 0 saturated heterocycles. The second kappa shape index (κ2) is 7.33. The maximum atomic E-state index is 10.4. The average Bonchev–Trinajstić information content (AvgIpc) is 2.93. The van der Waals surface area contributed by atoms with Crippen LogP contribution in [0.25, 0.3) is 0 Å². The number of nitro benzene ring substituents is 1. The summed E-state index contributed by atoms with van der Waals surface area (Å²) >= 11 is 0. The predicted octanol–water partition coefficient (Wildman–Crippen LogP) is 0.390. The fraction of sp³-hybridized carbons (Fsp3) is 0.0909. The molecule has 0 aliphatic rings. The van der Waals surface area contributed by atoms with Crippen molar-refractivity contribution in [1.29, 1.82) is 0 Å². The number of nitro groups is 1. The number of rotatable bonds is 3. The molecule has 2 rings (SSSR count). The quantitative estimate of drug-likeness (QED) is 0.469. The minimum atomic E-state index is -1.82. The lowest BCUT2D eigenvalue weighted by Crippen LogP contribution is -2.09. The van der Waals surface area contributed by atoms with E-state index >= 15 is 0 Å². The molecule has 110 valence electrons. The summed E-state index contributed by atoms with van der Waals surface area (Å²) in [5.41, 5.74) is 1.04. The van der Waals surface area contributed by atoms with Crippen LogP contribution < -0.4 is 0 Å². The molecule has 1 aromatic heterocycles. The zero-order valence-corrected chi connectivity index (χ0v) is 10.5. The Morgan fingerprint density at radius 1 is 1.19 bits per heavy atom. The van der Waals surface area contributed by atoms with Gasteiger partial charge in [-0.25, -0.2) is 14.3 Å². The van der Waals surface area contributed by atoms with E-state index < -0.39 is 16.9 Å². The normalized spacial score (nSPS) is 9.33. The summed E-state index contributed by atoms with van der Waals surface area (Å²) in [5.74, 6) is -3.65. The predicted molar refractivity (Wildman–Crippen MR) is 67.5 cm³/mol. The molecule has 0 spiro atoms. The number of nitrogens with zero attached hydrogens (tertiary/aromatic N) is 4. The molecule has 0 aliphatic heterocycles. The molecule has 0 fully saturated rings. The van der Waals surface area contributed by atoms with Crippen LogP contribution in [0.5, 0.6) is 0 Å². The van der Waals surface area contributed by atoms with Crippen LogP contribution in [0.1, 0.15) is 5.56 Å². The zero-order chi connectivity index (χ0) is 15.8. The number of non-ortho nitro benzene ring substituents is 1. The highest BCUT2D eigenvalue weighted by Crippen LogP contribution is 2.12. The number of carbonyl (C=O) groups is 2. The molecule has 0 radical (unpaired) electrons. The van der Waals surface area contributed by atoms with Crippen LogP contribution in [-0.4, -0.2) is 42.1 Å². The molecule has 0 amide bonds. The van der Waals surface area contributed by atoms with E-state index in [0.717, 1.165) is 5.56 Å². The van der Waals surface area contributed by atoms with Crippen LogP contribution >= 0.6 is 0 Å². The highest BCUT2D eigenvalue weighted by atomic mass is 16.6. The number of benzene rings is 1. The second-order valence-electron chi connectivity index (χ2n) is 3.63. The molecule has 10 heteroatoms. The van der Waals surface area contributed by atoms with E-state index in [1.54, 1.807) is 29.2 Å². The summed E-state index contributed by atoms with van der Waals surface area (Å²) < 4.78 is 1.65. The van der Waals surface area contributed by atoms with Gasteiger partial charge >= 0.3 is 11.9 Å². The van der Waals surface area contributed by atoms with E-state index in [9.17, 15) is 10.1 Å². The summed E-state index contributed by atoms with van der Waals surface area (Å²) in [4.78, 5) is 28.2. The maximum absolute atomic E-state index is 10.4. The van der Waals surface area contributed by atoms with Crippen molar-refractivity contribution in [3.8, 4) is 0 Å². The Bertz CT molecular complexity index is 611. The number of hydrogen-bond donors (Lipinski definition) is 2. The maximum Gasteiger partial charge on any atom is 0.414 e. The van der Waals surface area contributed by atoms with Crippen LogP contribution in [-0.2, 0) is 16.1 Å². The summed E-state index contributed by atoms with van der Waals surface area (Å²) in [6.45, 7) is 0.567. The van der Waals surface area contributed by atoms with E-state index in [0.29, 0.717) is 6.54 Å². The Labute approximate surface area is 117 Å². The van der Waals surface area contributed by atoms with Crippen LogP contribution in [0.2, 0.25) is 0 Å². The van der Waals surface area contributed by atoms with Gasteiger partial charge in [0.15, 0.2) is 0 Å². The minimum Gasteiger partial charge on any atom is -0.473 e. The topological polar surface area (TPSA) is 148 Å². The minimum absolute atomic E-state index is 0.0948. The lowest BCUT2D eigenvalue weighted by molar-refractivity contribution is -0.384. The summed E-state index contributed by atoms with van der Waals surface area (Å²) in [7, 11) is 0. The SMILES string of the molecule is O=C(O)C(=O)O.O=[N+]([O-])c1ccc(Cn2ccnn2)cc1. The van der Waals surface area contributed by atoms with Gasteiger partial charge in [-0.05, 0) is 5.56 Å². The molecule has 10 nitrogen and oxygen atoms in total. The van der Waals surface area contributed by atoms with E-state index in [2.05, 4.69) is 10.3 Å². The van der Waals surface area contributed by atoms with Crippen molar-refractivity contribution in [3.05, 3.63) is 52.3 Å². The second-order valence-corrected chi connectivity index (χ2v) is 3.63. The Morgan fingerprint density at radius 3 is 2.14 bits per heavy atom. The first-order valence-corrected chi connectivity index (χ1v) is 5.44. The zero-order valence-electron chi connectivity index (χ0n) is 10.5. The lowest BCUT2D eigenvalue weighted by atomic mass is 10.2. The average molecular weight is 294 g/mol. The van der Waals surface area contributed by atoms with Crippen molar-refractivity contribution >= 4 is 17.6 Å². The molecular formula is C11H10N4O6. The Balaban J connectivity index is 0.000000315. The molecule has 0 bridgehead atoms. The van der Waals surface area contributed by atoms with Crippen LogP contribution in [0.3, 0.4) is 0 Å². The van der Waals surface area contributed by atoms with E-state index in [4.69, 9.17) is 19.8 Å². The van der Waals surface area contributed by atoms with Gasteiger partial charge in [0.1, 0.15) is 0 Å². The van der Waals surface area contributed by atoms with Gasteiger partial charge in [0.25, 0.3) is 5.69 Å². The van der Waals surface area contributed by atoms with E-state index in [1.807, 2.05) is 0 Å². The highest BCUT2D eigenvalue weighted by Gasteiger charge is 2.04. The third-order valence-corrected chi connectivity index (χ3v) is 2.15. The molecule has 0 aliphatic carbocycles. The summed E-state index contributed by atoms with van der Waals surface area (Å²) in [6.07, 6.45) is 3.33. The highest BCUT2D eigenvalue weighted by molar-refractivity contribution is 6.27. The molecule has 2 aromatic rings. The Hall–Kier alpha value is -3.30. The van der Waals surface area contributed by atoms with Gasteiger partial charge in [0.05, 0.1) is 17.7 Å². The van der Waals surface area contributed by atoms with Gasteiger partial charge in [-0.1, -0.05) is 17.3 Å². The monoisotopic (exact) mass is 294 g/mol. The van der Waals surface area contributed by atoms with Crippen LogP contribution in [0.4, 0.5) is 5.69 Å².